The van der Waals surface area contributed by atoms with Crippen molar-refractivity contribution >= 4 is 12.1 Å². The molecule has 1 amide bonds. The Balaban J connectivity index is 1.55. The lowest BCUT2D eigenvalue weighted by atomic mass is 9.95. The molecule has 0 radical (unpaired) electrons. The van der Waals surface area contributed by atoms with E-state index >= 15 is 0 Å². The second-order valence-electron chi connectivity index (χ2n) is 9.18. The normalized spacial score (nSPS) is 18.2. The van der Waals surface area contributed by atoms with E-state index < -0.39 is 18.2 Å². The van der Waals surface area contributed by atoms with Crippen molar-refractivity contribution in [2.45, 2.75) is 51.7 Å². The maximum absolute atomic E-state index is 13.5. The fourth-order valence-corrected chi connectivity index (χ4v) is 4.30. The van der Waals surface area contributed by atoms with Crippen molar-refractivity contribution < 1.29 is 23.8 Å². The first kappa shape index (κ1) is 25.5. The third kappa shape index (κ3) is 7.18. The summed E-state index contributed by atoms with van der Waals surface area (Å²) >= 11 is 0. The van der Waals surface area contributed by atoms with E-state index in [1.165, 1.54) is 0 Å². The topological polar surface area (TPSA) is 65.1 Å². The quantitative estimate of drug-likeness (QED) is 0.341. The Morgan fingerprint density at radius 3 is 2.00 bits per heavy atom. The summed E-state index contributed by atoms with van der Waals surface area (Å²) in [6, 6.07) is 28.7. The molecule has 1 aliphatic heterocycles. The summed E-state index contributed by atoms with van der Waals surface area (Å²) in [6.45, 7) is 2.96. The highest BCUT2D eigenvalue weighted by molar-refractivity contribution is 5.73. The molecule has 1 heterocycles. The summed E-state index contributed by atoms with van der Waals surface area (Å²) < 4.78 is 17.7. The van der Waals surface area contributed by atoms with Gasteiger partial charge in [-0.2, -0.15) is 0 Å². The molecule has 0 saturated carbocycles. The fourth-order valence-electron chi connectivity index (χ4n) is 4.30. The molecule has 1 saturated heterocycles. The molecule has 188 valence electrons. The van der Waals surface area contributed by atoms with E-state index in [2.05, 4.69) is 0 Å². The Morgan fingerprint density at radius 2 is 1.42 bits per heavy atom. The number of amides is 1. The summed E-state index contributed by atoms with van der Waals surface area (Å²) in [5.41, 5.74) is 2.89. The van der Waals surface area contributed by atoms with Crippen LogP contribution in [-0.4, -0.2) is 35.7 Å². The van der Waals surface area contributed by atoms with Crippen molar-refractivity contribution in [2.24, 2.45) is 5.92 Å². The van der Waals surface area contributed by atoms with Gasteiger partial charge in [-0.1, -0.05) is 97.9 Å². The summed E-state index contributed by atoms with van der Waals surface area (Å²) in [4.78, 5) is 27.6. The lowest BCUT2D eigenvalue weighted by Gasteiger charge is -2.38. The Labute approximate surface area is 212 Å². The Bertz CT molecular complexity index is 1090. The molecule has 3 unspecified atom stereocenters. The molecule has 0 bridgehead atoms. The number of nitrogens with zero attached hydrogens (tertiary/aromatic N) is 1. The molecule has 6 heteroatoms. The van der Waals surface area contributed by atoms with Crippen molar-refractivity contribution in [1.29, 1.82) is 0 Å². The Morgan fingerprint density at radius 1 is 0.861 bits per heavy atom. The van der Waals surface area contributed by atoms with Gasteiger partial charge in [0.1, 0.15) is 12.7 Å². The van der Waals surface area contributed by atoms with Gasteiger partial charge in [-0.3, -0.25) is 9.69 Å². The lowest BCUT2D eigenvalue weighted by Crippen LogP contribution is -2.52. The smallest absolute Gasteiger partial charge is 0.410 e. The highest BCUT2D eigenvalue weighted by atomic mass is 16.6. The van der Waals surface area contributed by atoms with Crippen LogP contribution in [0.5, 0.6) is 0 Å². The molecule has 0 spiro atoms. The highest BCUT2D eigenvalue weighted by Gasteiger charge is 2.38. The van der Waals surface area contributed by atoms with Crippen LogP contribution in [0.2, 0.25) is 0 Å². The van der Waals surface area contributed by atoms with Crippen molar-refractivity contribution in [1.82, 2.24) is 4.90 Å². The Kier molecular flexibility index (Phi) is 9.11. The number of hydrogen-bond acceptors (Lipinski definition) is 5. The van der Waals surface area contributed by atoms with Gasteiger partial charge in [-0.15, -0.1) is 0 Å². The maximum Gasteiger partial charge on any atom is 0.410 e. The van der Waals surface area contributed by atoms with Gasteiger partial charge in [0.15, 0.2) is 0 Å². The van der Waals surface area contributed by atoms with Gasteiger partial charge in [0.25, 0.3) is 0 Å². The molecule has 1 aliphatic rings. The van der Waals surface area contributed by atoms with Gasteiger partial charge >= 0.3 is 12.1 Å². The highest BCUT2D eigenvalue weighted by Crippen LogP contribution is 2.26. The zero-order valence-electron chi connectivity index (χ0n) is 20.6. The van der Waals surface area contributed by atoms with Crippen LogP contribution in [0.25, 0.3) is 0 Å². The van der Waals surface area contributed by atoms with Crippen LogP contribution >= 0.6 is 0 Å². The van der Waals surface area contributed by atoms with E-state index in [4.69, 9.17) is 14.2 Å². The van der Waals surface area contributed by atoms with Gasteiger partial charge in [0.2, 0.25) is 0 Å². The number of hydrogen-bond donors (Lipinski definition) is 0. The van der Waals surface area contributed by atoms with Crippen molar-refractivity contribution in [2.75, 3.05) is 6.61 Å². The van der Waals surface area contributed by atoms with Crippen molar-refractivity contribution in [3.63, 3.8) is 0 Å². The summed E-state index contributed by atoms with van der Waals surface area (Å²) in [5.74, 6) is -0.392. The maximum atomic E-state index is 13.5. The van der Waals surface area contributed by atoms with Gasteiger partial charge < -0.3 is 14.2 Å². The van der Waals surface area contributed by atoms with Crippen LogP contribution < -0.4 is 0 Å². The average Bonchev–Trinajstić information content (AvgIpc) is 2.92. The molecule has 1 fully saturated rings. The summed E-state index contributed by atoms with van der Waals surface area (Å²) in [7, 11) is 0. The second-order valence-corrected chi connectivity index (χ2v) is 9.18. The lowest BCUT2D eigenvalue weighted by molar-refractivity contribution is -0.165. The SMILES string of the molecule is CC1CCC(C(COCc2ccccc2)N(Cc2ccccc2)C(=O)OCc2ccccc2)OC1=O. The molecular formula is C30H33NO5. The molecule has 3 aromatic carbocycles. The third-order valence-corrected chi connectivity index (χ3v) is 6.42. The van der Waals surface area contributed by atoms with E-state index in [0.29, 0.717) is 26.0 Å². The molecule has 0 N–H and O–H groups in total. The van der Waals surface area contributed by atoms with E-state index in [0.717, 1.165) is 16.7 Å². The first-order valence-electron chi connectivity index (χ1n) is 12.4. The van der Waals surface area contributed by atoms with Crippen molar-refractivity contribution in [3.8, 4) is 0 Å². The Hall–Kier alpha value is -3.64. The number of carbonyl (C=O) groups is 2. The zero-order chi connectivity index (χ0) is 25.2. The number of rotatable bonds is 10. The van der Waals surface area contributed by atoms with E-state index in [-0.39, 0.29) is 25.1 Å². The van der Waals surface area contributed by atoms with Crippen LogP contribution in [0, 0.1) is 5.92 Å². The molecule has 0 aliphatic carbocycles. The first-order chi connectivity index (χ1) is 17.6. The monoisotopic (exact) mass is 487 g/mol. The van der Waals surface area contributed by atoms with E-state index in [1.807, 2.05) is 97.9 Å². The molecule has 4 rings (SSSR count). The summed E-state index contributed by atoms with van der Waals surface area (Å²) in [5, 5.41) is 0. The molecule has 3 atom stereocenters. The van der Waals surface area contributed by atoms with Crippen LogP contribution in [0.15, 0.2) is 91.0 Å². The molecular weight excluding hydrogens is 454 g/mol. The van der Waals surface area contributed by atoms with Gasteiger partial charge in [-0.25, -0.2) is 4.79 Å². The number of cyclic esters (lactones) is 1. The molecule has 3 aromatic rings. The first-order valence-corrected chi connectivity index (χ1v) is 12.4. The summed E-state index contributed by atoms with van der Waals surface area (Å²) in [6.07, 6.45) is 0.420. The number of carbonyl (C=O) groups excluding carboxylic acids is 2. The minimum absolute atomic E-state index is 0.153. The van der Waals surface area contributed by atoms with Crippen LogP contribution in [-0.2, 0) is 38.8 Å². The van der Waals surface area contributed by atoms with Crippen LogP contribution in [0.3, 0.4) is 0 Å². The predicted molar refractivity (Wildman–Crippen MR) is 137 cm³/mol. The van der Waals surface area contributed by atoms with E-state index in [1.54, 1.807) is 4.90 Å². The number of ether oxygens (including phenoxy) is 3. The fraction of sp³-hybridized carbons (Fsp3) is 0.333. The minimum atomic E-state index is -0.492. The molecule has 36 heavy (non-hydrogen) atoms. The van der Waals surface area contributed by atoms with Gasteiger partial charge in [0.05, 0.1) is 25.2 Å². The number of benzene rings is 3. The standard InChI is InChI=1S/C30H33NO5/c1-23-17-18-28(36-29(23)32)27(22-34-20-25-13-7-3-8-14-25)31(19-24-11-5-2-6-12-24)30(33)35-21-26-15-9-4-10-16-26/h2-16,23,27-28H,17-22H2,1H3. The second kappa shape index (κ2) is 12.9. The van der Waals surface area contributed by atoms with Gasteiger partial charge in [-0.05, 0) is 29.5 Å². The number of esters is 1. The molecule has 6 nitrogen and oxygen atoms in total. The van der Waals surface area contributed by atoms with Crippen molar-refractivity contribution in [3.05, 3.63) is 108 Å². The van der Waals surface area contributed by atoms with Gasteiger partial charge in [0, 0.05) is 6.54 Å². The van der Waals surface area contributed by atoms with E-state index in [9.17, 15) is 9.59 Å². The third-order valence-electron chi connectivity index (χ3n) is 6.42. The largest absolute Gasteiger partial charge is 0.460 e. The van der Waals surface area contributed by atoms with Crippen LogP contribution in [0.4, 0.5) is 4.79 Å². The minimum Gasteiger partial charge on any atom is -0.460 e. The zero-order valence-corrected chi connectivity index (χ0v) is 20.6. The van der Waals surface area contributed by atoms with Crippen LogP contribution in [0.1, 0.15) is 36.5 Å². The predicted octanol–water partition coefficient (Wildman–Crippen LogP) is 5.75. The average molecular weight is 488 g/mol. The molecule has 0 aromatic heterocycles.